The highest BCUT2D eigenvalue weighted by Gasteiger charge is 2.38. The van der Waals surface area contributed by atoms with Gasteiger partial charge in [-0.2, -0.15) is 4.31 Å². The summed E-state index contributed by atoms with van der Waals surface area (Å²) in [6.07, 6.45) is 4.16. The van der Waals surface area contributed by atoms with Crippen LogP contribution in [0.2, 0.25) is 0 Å². The lowest BCUT2D eigenvalue weighted by Crippen LogP contribution is -2.49. The topological polar surface area (TPSA) is 83.0 Å². The number of hydrogen-bond acceptors (Lipinski definition) is 6. The first kappa shape index (κ1) is 25.2. The summed E-state index contributed by atoms with van der Waals surface area (Å²) in [5, 5.41) is 9.75. The van der Waals surface area contributed by atoms with Crippen molar-refractivity contribution in [3.63, 3.8) is 0 Å². The quantitative estimate of drug-likeness (QED) is 0.652. The highest BCUT2D eigenvalue weighted by Crippen LogP contribution is 2.34. The van der Waals surface area contributed by atoms with Gasteiger partial charge >= 0.3 is 0 Å². The lowest BCUT2D eigenvalue weighted by molar-refractivity contribution is 0.0752. The van der Waals surface area contributed by atoms with Gasteiger partial charge in [0.2, 0.25) is 10.0 Å². The van der Waals surface area contributed by atoms with Crippen LogP contribution in [0.25, 0.3) is 0 Å². The average molecular weight is 472 g/mol. The van der Waals surface area contributed by atoms with Crippen molar-refractivity contribution in [2.45, 2.75) is 44.2 Å². The van der Waals surface area contributed by atoms with Crippen molar-refractivity contribution in [2.75, 3.05) is 33.3 Å². The first-order chi connectivity index (χ1) is 15.8. The Morgan fingerprint density at radius 2 is 1.94 bits per heavy atom. The van der Waals surface area contributed by atoms with Crippen molar-refractivity contribution in [2.24, 2.45) is 5.92 Å². The minimum atomic E-state index is -3.85. The van der Waals surface area contributed by atoms with Crippen LogP contribution >= 0.6 is 0 Å². The number of likely N-dealkylation sites (N-methyl/N-ethyl adjacent to an activating group) is 1. The Labute approximate surface area is 197 Å². The number of hydrogen-bond donors (Lipinski definition) is 1. The van der Waals surface area contributed by atoms with Crippen LogP contribution in [0.15, 0.2) is 47.6 Å². The number of aromatic nitrogens is 1. The molecule has 7 nitrogen and oxygen atoms in total. The van der Waals surface area contributed by atoms with E-state index < -0.39 is 16.1 Å². The Morgan fingerprint density at radius 1 is 1.24 bits per heavy atom. The number of fused-ring (bicyclic) bond motifs is 1. The molecule has 0 amide bonds. The molecule has 2 aromatic rings. The van der Waals surface area contributed by atoms with Gasteiger partial charge in [0, 0.05) is 48.6 Å². The molecule has 8 heteroatoms. The fourth-order valence-corrected chi connectivity index (χ4v) is 5.71. The van der Waals surface area contributed by atoms with Crippen LogP contribution in [0.1, 0.15) is 38.3 Å². The van der Waals surface area contributed by atoms with E-state index in [0.717, 1.165) is 18.5 Å². The van der Waals surface area contributed by atoms with Gasteiger partial charge in [-0.05, 0) is 57.3 Å². The van der Waals surface area contributed by atoms with E-state index in [1.165, 1.54) is 4.31 Å². The molecule has 0 bridgehead atoms. The van der Waals surface area contributed by atoms with E-state index in [4.69, 9.17) is 4.74 Å². The maximum absolute atomic E-state index is 13.5. The Morgan fingerprint density at radius 3 is 2.61 bits per heavy atom. The van der Waals surface area contributed by atoms with Gasteiger partial charge in [-0.3, -0.25) is 4.98 Å². The summed E-state index contributed by atoms with van der Waals surface area (Å²) in [7, 11) is -1.81. The van der Waals surface area contributed by atoms with Crippen LogP contribution in [0, 0.1) is 17.8 Å². The van der Waals surface area contributed by atoms with Crippen LogP contribution in [0.3, 0.4) is 0 Å². The SMILES string of the molecule is CCCN(C)C[C@H]1Oc2cc(C#Cc3ccncc3)ccc2S(=O)(=O)N([C@H](C)CO)C[C@H]1C. The van der Waals surface area contributed by atoms with Crippen LogP contribution in [0.4, 0.5) is 0 Å². The molecule has 0 spiro atoms. The second-order valence-electron chi connectivity index (χ2n) is 8.65. The third-order valence-electron chi connectivity index (χ3n) is 5.80. The third kappa shape index (κ3) is 6.12. The molecule has 1 aliphatic rings. The van der Waals surface area contributed by atoms with Gasteiger partial charge in [0.1, 0.15) is 16.7 Å². The summed E-state index contributed by atoms with van der Waals surface area (Å²) < 4.78 is 34.8. The molecule has 0 fully saturated rings. The number of benzene rings is 1. The number of sulfonamides is 1. The molecule has 1 aliphatic heterocycles. The van der Waals surface area contributed by atoms with Gasteiger partial charge in [-0.25, -0.2) is 8.42 Å². The Balaban J connectivity index is 2.05. The number of aliphatic hydroxyl groups is 1. The van der Waals surface area contributed by atoms with E-state index in [2.05, 4.69) is 28.6 Å². The van der Waals surface area contributed by atoms with Crippen molar-refractivity contribution < 1.29 is 18.3 Å². The minimum Gasteiger partial charge on any atom is -0.487 e. The van der Waals surface area contributed by atoms with Gasteiger partial charge in [0.05, 0.1) is 6.61 Å². The maximum Gasteiger partial charge on any atom is 0.247 e. The van der Waals surface area contributed by atoms with E-state index in [0.29, 0.717) is 17.9 Å². The summed E-state index contributed by atoms with van der Waals surface area (Å²) in [5.74, 6) is 6.39. The fourth-order valence-electron chi connectivity index (χ4n) is 3.88. The largest absolute Gasteiger partial charge is 0.487 e. The molecule has 0 saturated heterocycles. The second kappa shape index (κ2) is 11.1. The van der Waals surface area contributed by atoms with E-state index in [1.807, 2.05) is 26.1 Å². The van der Waals surface area contributed by atoms with Gasteiger partial charge in [0.25, 0.3) is 0 Å². The number of rotatable bonds is 6. The molecule has 0 unspecified atom stereocenters. The summed E-state index contributed by atoms with van der Waals surface area (Å²) in [6.45, 7) is 7.46. The maximum atomic E-state index is 13.5. The Hall–Kier alpha value is -2.44. The molecular formula is C25H33N3O4S. The number of nitrogens with zero attached hydrogens (tertiary/aromatic N) is 3. The predicted octanol–water partition coefficient (Wildman–Crippen LogP) is 2.59. The first-order valence-corrected chi connectivity index (χ1v) is 12.7. The monoisotopic (exact) mass is 471 g/mol. The standard InChI is InChI=1S/C25H33N3O4S/c1-5-14-27(4)17-24-19(2)16-28(20(3)18-29)33(30,31)25-9-8-22(15-23(25)32-24)7-6-21-10-12-26-13-11-21/h8-13,15,19-20,24,29H,5,14,16-18H2,1-4H3/t19-,20-,24-/m1/s1. The normalized spacial score (nSPS) is 21.2. The van der Waals surface area contributed by atoms with Crippen molar-refractivity contribution in [1.29, 1.82) is 0 Å². The van der Waals surface area contributed by atoms with E-state index in [-0.39, 0.29) is 30.1 Å². The van der Waals surface area contributed by atoms with Crippen molar-refractivity contribution in [3.05, 3.63) is 53.9 Å². The molecule has 0 aliphatic carbocycles. The summed E-state index contributed by atoms with van der Waals surface area (Å²) in [4.78, 5) is 6.29. The van der Waals surface area contributed by atoms with Gasteiger partial charge in [-0.1, -0.05) is 25.7 Å². The summed E-state index contributed by atoms with van der Waals surface area (Å²) in [5.41, 5.74) is 1.48. The van der Waals surface area contributed by atoms with Crippen molar-refractivity contribution >= 4 is 10.0 Å². The Bertz CT molecular complexity index is 1100. The molecule has 0 saturated carbocycles. The molecular weight excluding hydrogens is 438 g/mol. The first-order valence-electron chi connectivity index (χ1n) is 11.3. The molecule has 1 aromatic carbocycles. The highest BCUT2D eigenvalue weighted by atomic mass is 32.2. The molecule has 3 rings (SSSR count). The van der Waals surface area contributed by atoms with Gasteiger partial charge in [0.15, 0.2) is 0 Å². The van der Waals surface area contributed by atoms with Crippen LogP contribution in [-0.2, 0) is 10.0 Å². The molecule has 1 aromatic heterocycles. The van der Waals surface area contributed by atoms with Crippen molar-refractivity contribution in [3.8, 4) is 17.6 Å². The smallest absolute Gasteiger partial charge is 0.247 e. The molecule has 33 heavy (non-hydrogen) atoms. The van der Waals surface area contributed by atoms with E-state index in [9.17, 15) is 13.5 Å². The number of aliphatic hydroxyl groups excluding tert-OH is 1. The van der Waals surface area contributed by atoms with Gasteiger partial charge < -0.3 is 14.7 Å². The second-order valence-corrected chi connectivity index (χ2v) is 10.5. The van der Waals surface area contributed by atoms with E-state index in [1.54, 1.807) is 37.5 Å². The lowest BCUT2D eigenvalue weighted by atomic mass is 10.0. The minimum absolute atomic E-state index is 0.0761. The summed E-state index contributed by atoms with van der Waals surface area (Å²) in [6, 6.07) is 8.05. The zero-order chi connectivity index (χ0) is 24.0. The lowest BCUT2D eigenvalue weighted by Gasteiger charge is -2.37. The zero-order valence-electron chi connectivity index (χ0n) is 19.7. The van der Waals surface area contributed by atoms with Crippen molar-refractivity contribution in [1.82, 2.24) is 14.2 Å². The van der Waals surface area contributed by atoms with Crippen LogP contribution in [0.5, 0.6) is 5.75 Å². The molecule has 2 heterocycles. The number of pyridine rings is 1. The zero-order valence-corrected chi connectivity index (χ0v) is 20.5. The number of ether oxygens (including phenoxy) is 1. The molecule has 0 radical (unpaired) electrons. The predicted molar refractivity (Wildman–Crippen MR) is 128 cm³/mol. The highest BCUT2D eigenvalue weighted by molar-refractivity contribution is 7.89. The molecule has 1 N–H and O–H groups in total. The van der Waals surface area contributed by atoms with Crippen LogP contribution in [-0.4, -0.2) is 73.1 Å². The third-order valence-corrected chi connectivity index (χ3v) is 7.82. The van der Waals surface area contributed by atoms with Crippen LogP contribution < -0.4 is 4.74 Å². The van der Waals surface area contributed by atoms with E-state index >= 15 is 0 Å². The molecule has 3 atom stereocenters. The van der Waals surface area contributed by atoms with Gasteiger partial charge in [-0.15, -0.1) is 0 Å². The summed E-state index contributed by atoms with van der Waals surface area (Å²) >= 11 is 0. The molecule has 178 valence electrons. The fraction of sp³-hybridized carbons (Fsp3) is 0.480. The average Bonchev–Trinajstić information content (AvgIpc) is 2.80. The Kier molecular flexibility index (Phi) is 8.49.